The van der Waals surface area contributed by atoms with E-state index in [0.717, 1.165) is 33.0 Å². The van der Waals surface area contributed by atoms with E-state index in [-0.39, 0.29) is 26.3 Å². The zero-order valence-electron chi connectivity index (χ0n) is 20.6. The van der Waals surface area contributed by atoms with Crippen LogP contribution >= 0.6 is 0 Å². The second kappa shape index (κ2) is 10.7. The van der Waals surface area contributed by atoms with E-state index >= 15 is 0 Å². The summed E-state index contributed by atoms with van der Waals surface area (Å²) >= 11 is 0. The van der Waals surface area contributed by atoms with Gasteiger partial charge in [0.15, 0.2) is 0 Å². The average molecular weight is 507 g/mol. The van der Waals surface area contributed by atoms with Gasteiger partial charge in [0.1, 0.15) is 36.1 Å². The largest absolute Gasteiger partial charge is 0.487 e. The lowest BCUT2D eigenvalue weighted by Gasteiger charge is -2.10. The summed E-state index contributed by atoms with van der Waals surface area (Å²) in [6.45, 7) is 1.10. The fraction of sp³-hybridized carbons (Fsp3) is 0.172. The third-order valence-corrected chi connectivity index (χ3v) is 6.22. The van der Waals surface area contributed by atoms with E-state index in [0.29, 0.717) is 11.4 Å². The number of aliphatic hydroxyl groups excluding tert-OH is 1. The van der Waals surface area contributed by atoms with Crippen molar-refractivity contribution in [3.8, 4) is 11.5 Å². The minimum absolute atomic E-state index is 0.267. The maximum Gasteiger partial charge on any atom is 0.134 e. The van der Waals surface area contributed by atoms with Crippen molar-refractivity contribution < 1.29 is 14.6 Å². The smallest absolute Gasteiger partial charge is 0.134 e. The number of hydrogen-bond acceptors (Lipinski definition) is 7. The first-order valence-electron chi connectivity index (χ1n) is 12.4. The van der Waals surface area contributed by atoms with Crippen LogP contribution in [0, 0.1) is 0 Å². The lowest BCUT2D eigenvalue weighted by molar-refractivity contribution is 0.124. The van der Waals surface area contributed by atoms with Gasteiger partial charge >= 0.3 is 0 Å². The third kappa shape index (κ3) is 5.33. The molecule has 2 aromatic heterocycles. The highest BCUT2D eigenvalue weighted by Crippen LogP contribution is 2.26. The number of rotatable bonds is 10. The van der Waals surface area contributed by atoms with Gasteiger partial charge in [0.2, 0.25) is 0 Å². The van der Waals surface area contributed by atoms with Gasteiger partial charge in [-0.1, -0.05) is 83.2 Å². The molecule has 1 N–H and O–H groups in total. The van der Waals surface area contributed by atoms with Gasteiger partial charge < -0.3 is 14.6 Å². The monoisotopic (exact) mass is 506 g/mol. The van der Waals surface area contributed by atoms with Crippen LogP contribution in [0.1, 0.15) is 11.4 Å². The maximum absolute atomic E-state index is 10.6. The van der Waals surface area contributed by atoms with Gasteiger partial charge in [0.25, 0.3) is 0 Å². The molecule has 0 saturated carbocycles. The van der Waals surface area contributed by atoms with Gasteiger partial charge in [-0.3, -0.25) is 0 Å². The first kappa shape index (κ1) is 23.6. The molecule has 6 aromatic rings. The van der Waals surface area contributed by atoms with Crippen molar-refractivity contribution >= 4 is 21.5 Å². The molecular weight excluding hydrogens is 480 g/mol. The second-order valence-electron chi connectivity index (χ2n) is 9.05. The molecule has 0 aliphatic rings. The quantitative estimate of drug-likeness (QED) is 0.294. The number of fused-ring (bicyclic) bond motifs is 2. The van der Waals surface area contributed by atoms with Crippen LogP contribution in [0.3, 0.4) is 0 Å². The molecule has 190 valence electrons. The molecule has 0 bridgehead atoms. The van der Waals surface area contributed by atoms with Crippen molar-refractivity contribution in [2.75, 3.05) is 0 Å². The minimum atomic E-state index is -0.725. The van der Waals surface area contributed by atoms with Crippen molar-refractivity contribution in [1.29, 1.82) is 0 Å². The summed E-state index contributed by atoms with van der Waals surface area (Å²) in [5.74, 6) is 1.59. The summed E-state index contributed by atoms with van der Waals surface area (Å²) in [6.07, 6.45) is 2.83. The van der Waals surface area contributed by atoms with Crippen molar-refractivity contribution in [2.24, 2.45) is 0 Å². The van der Waals surface area contributed by atoms with Gasteiger partial charge in [-0.05, 0) is 22.9 Å². The summed E-state index contributed by atoms with van der Waals surface area (Å²) in [6, 6.07) is 28.1. The normalized spacial score (nSPS) is 11.4. The van der Waals surface area contributed by atoms with Gasteiger partial charge in [0.05, 0.1) is 31.6 Å². The van der Waals surface area contributed by atoms with Crippen LogP contribution in [-0.2, 0) is 26.3 Å². The maximum atomic E-state index is 10.6. The molecule has 0 radical (unpaired) electrons. The van der Waals surface area contributed by atoms with Crippen LogP contribution in [0.25, 0.3) is 21.5 Å². The predicted octanol–water partition coefficient (Wildman–Crippen LogP) is 4.40. The molecule has 6 rings (SSSR count). The Morgan fingerprint density at radius 1 is 0.605 bits per heavy atom. The summed E-state index contributed by atoms with van der Waals surface area (Å²) in [7, 11) is 0. The summed E-state index contributed by atoms with van der Waals surface area (Å²) in [5, 5.41) is 31.5. The minimum Gasteiger partial charge on any atom is -0.487 e. The zero-order chi connectivity index (χ0) is 25.7. The van der Waals surface area contributed by atoms with E-state index in [1.807, 2.05) is 60.7 Å². The van der Waals surface area contributed by atoms with Crippen LogP contribution < -0.4 is 9.47 Å². The summed E-state index contributed by atoms with van der Waals surface area (Å²) in [4.78, 5) is 0. The molecule has 0 fully saturated rings. The van der Waals surface area contributed by atoms with E-state index in [1.54, 1.807) is 21.8 Å². The number of hydrogen-bond donors (Lipinski definition) is 1. The molecule has 9 nitrogen and oxygen atoms in total. The molecule has 38 heavy (non-hydrogen) atoms. The Bertz CT molecular complexity index is 1540. The van der Waals surface area contributed by atoms with Gasteiger partial charge in [0, 0.05) is 10.8 Å². The van der Waals surface area contributed by atoms with Gasteiger partial charge in [-0.15, -0.1) is 10.2 Å². The van der Waals surface area contributed by atoms with E-state index in [1.165, 1.54) is 0 Å². The van der Waals surface area contributed by atoms with Crippen molar-refractivity contribution in [3.63, 3.8) is 0 Å². The van der Waals surface area contributed by atoms with Gasteiger partial charge in [-0.25, -0.2) is 9.36 Å². The van der Waals surface area contributed by atoms with Crippen LogP contribution in [0.5, 0.6) is 11.5 Å². The van der Waals surface area contributed by atoms with Crippen LogP contribution in [-0.4, -0.2) is 41.2 Å². The van der Waals surface area contributed by atoms with Gasteiger partial charge in [-0.2, -0.15) is 0 Å². The summed E-state index contributed by atoms with van der Waals surface area (Å²) < 4.78 is 15.2. The van der Waals surface area contributed by atoms with E-state index in [4.69, 9.17) is 9.47 Å². The third-order valence-electron chi connectivity index (χ3n) is 6.22. The fourth-order valence-corrected chi connectivity index (χ4v) is 4.42. The lowest BCUT2D eigenvalue weighted by Crippen LogP contribution is -2.22. The highest BCUT2D eigenvalue weighted by Gasteiger charge is 2.12. The molecule has 2 heterocycles. The summed E-state index contributed by atoms with van der Waals surface area (Å²) in [5.41, 5.74) is 1.36. The van der Waals surface area contributed by atoms with Crippen molar-refractivity contribution in [3.05, 3.63) is 109 Å². The van der Waals surface area contributed by atoms with Crippen LogP contribution in [0.4, 0.5) is 0 Å². The Hall–Kier alpha value is -4.76. The predicted molar refractivity (Wildman–Crippen MR) is 143 cm³/mol. The van der Waals surface area contributed by atoms with E-state index in [9.17, 15) is 5.11 Å². The van der Waals surface area contributed by atoms with Crippen molar-refractivity contribution in [2.45, 2.75) is 32.4 Å². The fourth-order valence-electron chi connectivity index (χ4n) is 4.42. The molecule has 0 spiro atoms. The Labute approximate surface area is 218 Å². The van der Waals surface area contributed by atoms with Crippen LogP contribution in [0.2, 0.25) is 0 Å². The Kier molecular flexibility index (Phi) is 6.65. The molecule has 4 aromatic carbocycles. The Balaban J connectivity index is 1.01. The highest BCUT2D eigenvalue weighted by atomic mass is 16.5. The zero-order valence-corrected chi connectivity index (χ0v) is 20.6. The topological polar surface area (TPSA) is 100 Å². The molecule has 0 aliphatic heterocycles. The first-order chi connectivity index (χ1) is 18.7. The standard InChI is InChI=1S/C29H26N6O3/c36-25(17-34-15-23(30-32-34)19-37-28-13-5-9-21-7-1-3-11-26(21)28)18-35-16-24(31-33-35)20-38-29-14-6-10-22-8-2-4-12-27(22)29/h1-16,25,36H,17-20H2. The number of nitrogens with zero attached hydrogens (tertiary/aromatic N) is 6. The average Bonchev–Trinajstić information content (AvgIpc) is 3.59. The number of aliphatic hydroxyl groups is 1. The molecule has 0 aliphatic carbocycles. The van der Waals surface area contributed by atoms with E-state index in [2.05, 4.69) is 44.9 Å². The molecule has 0 saturated heterocycles. The number of aromatic nitrogens is 6. The SMILES string of the molecule is OC(Cn1cc(COc2cccc3ccccc23)nn1)Cn1cc(COc2cccc3ccccc23)nn1. The number of ether oxygens (including phenoxy) is 2. The molecule has 0 atom stereocenters. The molecule has 0 amide bonds. The van der Waals surface area contributed by atoms with E-state index < -0.39 is 6.10 Å². The molecular formula is C29H26N6O3. The highest BCUT2D eigenvalue weighted by molar-refractivity contribution is 5.88. The molecule has 0 unspecified atom stereocenters. The first-order valence-corrected chi connectivity index (χ1v) is 12.4. The van der Waals surface area contributed by atoms with Crippen LogP contribution in [0.15, 0.2) is 97.3 Å². The van der Waals surface area contributed by atoms with Crippen molar-refractivity contribution in [1.82, 2.24) is 30.0 Å². The Morgan fingerprint density at radius 2 is 1.05 bits per heavy atom. The molecule has 9 heteroatoms. The number of benzene rings is 4. The Morgan fingerprint density at radius 3 is 1.55 bits per heavy atom. The lowest BCUT2D eigenvalue weighted by atomic mass is 10.1. The second-order valence-corrected chi connectivity index (χ2v) is 9.05.